The van der Waals surface area contributed by atoms with E-state index < -0.39 is 0 Å². The summed E-state index contributed by atoms with van der Waals surface area (Å²) < 4.78 is 12.6. The summed E-state index contributed by atoms with van der Waals surface area (Å²) in [6, 6.07) is 13.7. The largest absolute Gasteiger partial charge is 0.493 e. The van der Waals surface area contributed by atoms with Crippen molar-refractivity contribution in [2.24, 2.45) is 0 Å². The standard InChI is InChI=1S/C22H24N6O2/c1-14(16-11-24-28(13-16)12-15-7-5-4-6-8-15)25-22-26-18-10-20(30-3)19(29-2)9-17(18)21(23)27-22/h4-11,13-14H,12H2,1-3H3,(H3,23,25,26,27). The Kier molecular flexibility index (Phi) is 5.38. The maximum atomic E-state index is 6.17. The molecule has 4 rings (SSSR count). The molecule has 0 aliphatic carbocycles. The number of nitrogen functional groups attached to an aromatic ring is 1. The van der Waals surface area contributed by atoms with E-state index in [1.165, 1.54) is 5.56 Å². The van der Waals surface area contributed by atoms with Crippen molar-refractivity contribution in [2.75, 3.05) is 25.3 Å². The average Bonchev–Trinajstić information content (AvgIpc) is 3.22. The molecule has 8 heteroatoms. The van der Waals surface area contributed by atoms with Crippen LogP contribution in [0.1, 0.15) is 24.1 Å². The average molecular weight is 404 g/mol. The topological polar surface area (TPSA) is 100 Å². The van der Waals surface area contributed by atoms with Crippen LogP contribution in [0.5, 0.6) is 11.5 Å². The minimum absolute atomic E-state index is 0.0495. The van der Waals surface area contributed by atoms with Gasteiger partial charge in [-0.1, -0.05) is 30.3 Å². The number of rotatable bonds is 7. The van der Waals surface area contributed by atoms with E-state index in [2.05, 4.69) is 32.5 Å². The van der Waals surface area contributed by atoms with Gasteiger partial charge in [-0.25, -0.2) is 4.98 Å². The molecule has 0 spiro atoms. The van der Waals surface area contributed by atoms with Gasteiger partial charge in [-0.05, 0) is 18.6 Å². The van der Waals surface area contributed by atoms with E-state index >= 15 is 0 Å². The minimum atomic E-state index is -0.0495. The molecule has 0 aliphatic rings. The number of fused-ring (bicyclic) bond motifs is 1. The van der Waals surface area contributed by atoms with Gasteiger partial charge in [0.25, 0.3) is 0 Å². The lowest BCUT2D eigenvalue weighted by molar-refractivity contribution is 0.356. The molecule has 0 radical (unpaired) electrons. The number of hydrogen-bond donors (Lipinski definition) is 2. The van der Waals surface area contributed by atoms with E-state index in [0.29, 0.717) is 40.7 Å². The lowest BCUT2D eigenvalue weighted by Crippen LogP contribution is -2.10. The third-order valence-corrected chi connectivity index (χ3v) is 4.92. The van der Waals surface area contributed by atoms with E-state index in [4.69, 9.17) is 15.2 Å². The van der Waals surface area contributed by atoms with Crippen LogP contribution in [0.3, 0.4) is 0 Å². The molecular weight excluding hydrogens is 380 g/mol. The highest BCUT2D eigenvalue weighted by Gasteiger charge is 2.14. The van der Waals surface area contributed by atoms with Crippen molar-refractivity contribution in [3.63, 3.8) is 0 Å². The molecule has 0 fully saturated rings. The van der Waals surface area contributed by atoms with Gasteiger partial charge >= 0.3 is 0 Å². The molecule has 2 aromatic heterocycles. The third-order valence-electron chi connectivity index (χ3n) is 4.92. The highest BCUT2D eigenvalue weighted by Crippen LogP contribution is 2.34. The molecule has 0 bridgehead atoms. The molecule has 2 aromatic carbocycles. The van der Waals surface area contributed by atoms with E-state index in [9.17, 15) is 0 Å². The molecule has 8 nitrogen and oxygen atoms in total. The van der Waals surface area contributed by atoms with Crippen LogP contribution in [0, 0.1) is 0 Å². The number of hydrogen-bond acceptors (Lipinski definition) is 7. The normalized spacial score (nSPS) is 12.0. The molecule has 0 saturated heterocycles. The van der Waals surface area contributed by atoms with Crippen LogP contribution in [0.25, 0.3) is 10.9 Å². The summed E-state index contributed by atoms with van der Waals surface area (Å²) in [5.41, 5.74) is 9.07. The molecule has 0 aliphatic heterocycles. The second-order valence-corrected chi connectivity index (χ2v) is 6.98. The van der Waals surface area contributed by atoms with E-state index in [-0.39, 0.29) is 6.04 Å². The fourth-order valence-electron chi connectivity index (χ4n) is 3.28. The van der Waals surface area contributed by atoms with Crippen molar-refractivity contribution < 1.29 is 9.47 Å². The van der Waals surface area contributed by atoms with Crippen molar-refractivity contribution in [3.8, 4) is 11.5 Å². The Balaban J connectivity index is 1.55. The molecule has 4 aromatic rings. The predicted octanol–water partition coefficient (Wildman–Crippen LogP) is 3.65. The molecule has 0 saturated carbocycles. The first-order valence-corrected chi connectivity index (χ1v) is 9.59. The van der Waals surface area contributed by atoms with Crippen LogP contribution >= 0.6 is 0 Å². The number of aromatic nitrogens is 4. The second kappa shape index (κ2) is 8.28. The Bertz CT molecular complexity index is 1160. The first-order chi connectivity index (χ1) is 14.6. The Morgan fingerprint density at radius 1 is 1.07 bits per heavy atom. The van der Waals surface area contributed by atoms with E-state index in [1.54, 1.807) is 26.4 Å². The van der Waals surface area contributed by atoms with Gasteiger partial charge in [0, 0.05) is 23.2 Å². The molecule has 1 atom stereocenters. The Hall–Kier alpha value is -3.81. The number of nitrogens with one attached hydrogen (secondary N) is 1. The van der Waals surface area contributed by atoms with Gasteiger partial charge < -0.3 is 20.5 Å². The number of methoxy groups -OCH3 is 2. The summed E-state index contributed by atoms with van der Waals surface area (Å²) in [5, 5.41) is 8.48. The molecular formula is C22H24N6O2. The zero-order valence-electron chi connectivity index (χ0n) is 17.2. The zero-order valence-corrected chi connectivity index (χ0v) is 17.2. The SMILES string of the molecule is COc1cc2nc(NC(C)c3cnn(Cc4ccccc4)c3)nc(N)c2cc1OC. The van der Waals surface area contributed by atoms with Gasteiger partial charge in [0.15, 0.2) is 11.5 Å². The number of ether oxygens (including phenoxy) is 2. The summed E-state index contributed by atoms with van der Waals surface area (Å²) in [6.45, 7) is 2.75. The number of anilines is 2. The summed E-state index contributed by atoms with van der Waals surface area (Å²) in [7, 11) is 3.17. The van der Waals surface area contributed by atoms with Gasteiger partial charge in [0.05, 0.1) is 38.5 Å². The fourth-order valence-corrected chi connectivity index (χ4v) is 3.28. The van der Waals surface area contributed by atoms with Crippen molar-refractivity contribution >= 4 is 22.7 Å². The van der Waals surface area contributed by atoms with Crippen LogP contribution in [0.4, 0.5) is 11.8 Å². The maximum Gasteiger partial charge on any atom is 0.225 e. The van der Waals surface area contributed by atoms with E-state index in [0.717, 1.165) is 5.56 Å². The quantitative estimate of drug-likeness (QED) is 0.485. The fraction of sp³-hybridized carbons (Fsp3) is 0.227. The van der Waals surface area contributed by atoms with Crippen LogP contribution < -0.4 is 20.5 Å². The van der Waals surface area contributed by atoms with Crippen LogP contribution in [0.15, 0.2) is 54.9 Å². The highest BCUT2D eigenvalue weighted by molar-refractivity contribution is 5.91. The van der Waals surface area contributed by atoms with Crippen LogP contribution in [-0.4, -0.2) is 34.0 Å². The monoisotopic (exact) mass is 404 g/mol. The molecule has 1 unspecified atom stereocenters. The molecule has 0 amide bonds. The van der Waals surface area contributed by atoms with Crippen LogP contribution in [-0.2, 0) is 6.54 Å². The minimum Gasteiger partial charge on any atom is -0.493 e. The van der Waals surface area contributed by atoms with Gasteiger partial charge in [0.1, 0.15) is 5.82 Å². The van der Waals surface area contributed by atoms with Gasteiger partial charge in [-0.15, -0.1) is 0 Å². The number of benzene rings is 2. The van der Waals surface area contributed by atoms with Crippen molar-refractivity contribution in [2.45, 2.75) is 19.5 Å². The first-order valence-electron chi connectivity index (χ1n) is 9.59. The molecule has 154 valence electrons. The summed E-state index contributed by atoms with van der Waals surface area (Å²) in [4.78, 5) is 9.00. The van der Waals surface area contributed by atoms with E-state index in [1.807, 2.05) is 42.2 Å². The summed E-state index contributed by atoms with van der Waals surface area (Å²) in [6.07, 6.45) is 3.86. The lowest BCUT2D eigenvalue weighted by atomic mass is 10.2. The smallest absolute Gasteiger partial charge is 0.225 e. The zero-order chi connectivity index (χ0) is 21.1. The van der Waals surface area contributed by atoms with Gasteiger partial charge in [-0.3, -0.25) is 4.68 Å². The predicted molar refractivity (Wildman–Crippen MR) is 117 cm³/mol. The third kappa shape index (κ3) is 3.98. The Morgan fingerprint density at radius 3 is 2.53 bits per heavy atom. The summed E-state index contributed by atoms with van der Waals surface area (Å²) in [5.74, 6) is 1.98. The Labute approximate surface area is 174 Å². The first kappa shape index (κ1) is 19.5. The summed E-state index contributed by atoms with van der Waals surface area (Å²) >= 11 is 0. The van der Waals surface area contributed by atoms with Gasteiger partial charge in [0.2, 0.25) is 5.95 Å². The second-order valence-electron chi connectivity index (χ2n) is 6.98. The maximum absolute atomic E-state index is 6.17. The van der Waals surface area contributed by atoms with Crippen LogP contribution in [0.2, 0.25) is 0 Å². The highest BCUT2D eigenvalue weighted by atomic mass is 16.5. The number of nitrogens with two attached hydrogens (primary N) is 1. The van der Waals surface area contributed by atoms with Gasteiger partial charge in [-0.2, -0.15) is 10.1 Å². The van der Waals surface area contributed by atoms with Crippen molar-refractivity contribution in [3.05, 3.63) is 66.0 Å². The number of nitrogens with zero attached hydrogens (tertiary/aromatic N) is 4. The molecule has 30 heavy (non-hydrogen) atoms. The lowest BCUT2D eigenvalue weighted by Gasteiger charge is -2.14. The van der Waals surface area contributed by atoms with Crippen molar-refractivity contribution in [1.82, 2.24) is 19.7 Å². The molecule has 3 N–H and O–H groups in total. The van der Waals surface area contributed by atoms with Crippen molar-refractivity contribution in [1.29, 1.82) is 0 Å². The Morgan fingerprint density at radius 2 is 1.80 bits per heavy atom. The molecule has 2 heterocycles.